The van der Waals surface area contributed by atoms with Gasteiger partial charge in [-0.2, -0.15) is 0 Å². The van der Waals surface area contributed by atoms with Gasteiger partial charge in [-0.3, -0.25) is 4.79 Å². The molecule has 3 nitrogen and oxygen atoms in total. The average molecular weight is 348 g/mol. The van der Waals surface area contributed by atoms with E-state index in [2.05, 4.69) is 28.2 Å². The number of nitrogens with one attached hydrogen (secondary N) is 1. The van der Waals surface area contributed by atoms with Crippen LogP contribution in [0.3, 0.4) is 0 Å². The highest BCUT2D eigenvalue weighted by molar-refractivity contribution is 9.10. The van der Waals surface area contributed by atoms with Crippen LogP contribution >= 0.6 is 15.9 Å². The summed E-state index contributed by atoms with van der Waals surface area (Å²) in [5.41, 5.74) is 1.99. The maximum atomic E-state index is 12.1. The van der Waals surface area contributed by atoms with Gasteiger partial charge in [-0.15, -0.1) is 0 Å². The van der Waals surface area contributed by atoms with Gasteiger partial charge in [0, 0.05) is 10.2 Å². The summed E-state index contributed by atoms with van der Waals surface area (Å²) in [5.74, 6) is 0.525. The van der Waals surface area contributed by atoms with Crippen molar-refractivity contribution >= 4 is 27.5 Å². The molecule has 1 unspecified atom stereocenters. The molecule has 21 heavy (non-hydrogen) atoms. The monoisotopic (exact) mass is 347 g/mol. The van der Waals surface area contributed by atoms with Gasteiger partial charge in [0.1, 0.15) is 5.75 Å². The van der Waals surface area contributed by atoms with Gasteiger partial charge in [0.2, 0.25) is 0 Å². The number of amides is 1. The Labute approximate surface area is 133 Å². The lowest BCUT2D eigenvalue weighted by molar-refractivity contribution is -0.122. The molecule has 2 aromatic carbocycles. The molecular formula is C17H18BrNO2. The maximum Gasteiger partial charge on any atom is 0.265 e. The Hall–Kier alpha value is -1.81. The van der Waals surface area contributed by atoms with Crippen LogP contribution in [-0.4, -0.2) is 12.0 Å². The van der Waals surface area contributed by atoms with E-state index in [0.717, 1.165) is 16.6 Å². The number of aryl methyl sites for hydroxylation is 1. The van der Waals surface area contributed by atoms with Crippen LogP contribution in [-0.2, 0) is 11.2 Å². The minimum Gasteiger partial charge on any atom is -0.481 e. The molecule has 0 fully saturated rings. The Morgan fingerprint density at radius 2 is 1.95 bits per heavy atom. The van der Waals surface area contributed by atoms with Crippen molar-refractivity contribution < 1.29 is 9.53 Å². The maximum absolute atomic E-state index is 12.1. The zero-order chi connectivity index (χ0) is 15.2. The molecule has 0 saturated carbocycles. The number of hydrogen-bond acceptors (Lipinski definition) is 2. The van der Waals surface area contributed by atoms with Gasteiger partial charge < -0.3 is 10.1 Å². The van der Waals surface area contributed by atoms with Crippen molar-refractivity contribution in [1.82, 2.24) is 0 Å². The van der Waals surface area contributed by atoms with E-state index in [1.165, 1.54) is 5.56 Å². The molecule has 0 aliphatic rings. The van der Waals surface area contributed by atoms with Gasteiger partial charge in [0.25, 0.3) is 5.91 Å². The number of halogens is 1. The summed E-state index contributed by atoms with van der Waals surface area (Å²) in [6.45, 7) is 3.84. The molecule has 2 aromatic rings. The number of anilines is 1. The quantitative estimate of drug-likeness (QED) is 0.869. The van der Waals surface area contributed by atoms with E-state index in [-0.39, 0.29) is 5.91 Å². The second-order valence-corrected chi connectivity index (χ2v) is 5.67. The molecule has 1 amide bonds. The average Bonchev–Trinajstić information content (AvgIpc) is 2.48. The van der Waals surface area contributed by atoms with E-state index in [1.807, 2.05) is 48.5 Å². The fourth-order valence-electron chi connectivity index (χ4n) is 1.87. The van der Waals surface area contributed by atoms with Crippen LogP contribution in [0, 0.1) is 0 Å². The van der Waals surface area contributed by atoms with Gasteiger partial charge in [-0.1, -0.05) is 41.1 Å². The van der Waals surface area contributed by atoms with Gasteiger partial charge in [-0.25, -0.2) is 0 Å². The van der Waals surface area contributed by atoms with Crippen LogP contribution in [0.2, 0.25) is 0 Å². The SMILES string of the molecule is CCc1ccc(OC(C)C(=O)Nc2cccc(Br)c2)cc1. The van der Waals surface area contributed by atoms with Crippen molar-refractivity contribution in [1.29, 1.82) is 0 Å². The first-order valence-corrected chi connectivity index (χ1v) is 7.70. The van der Waals surface area contributed by atoms with E-state index in [9.17, 15) is 4.79 Å². The second kappa shape index (κ2) is 7.27. The normalized spacial score (nSPS) is 11.8. The van der Waals surface area contributed by atoms with Crippen molar-refractivity contribution in [2.24, 2.45) is 0 Å². The number of carbonyl (C=O) groups is 1. The third-order valence-corrected chi connectivity index (χ3v) is 3.60. The third kappa shape index (κ3) is 4.60. The molecule has 0 aliphatic heterocycles. The predicted molar refractivity (Wildman–Crippen MR) is 88.7 cm³/mol. The molecule has 0 spiro atoms. The summed E-state index contributed by atoms with van der Waals surface area (Å²) in [7, 11) is 0. The molecule has 0 bridgehead atoms. The largest absolute Gasteiger partial charge is 0.481 e. The summed E-state index contributed by atoms with van der Waals surface area (Å²) in [5, 5.41) is 2.83. The van der Waals surface area contributed by atoms with E-state index in [4.69, 9.17) is 4.74 Å². The molecule has 1 N–H and O–H groups in total. The predicted octanol–water partition coefficient (Wildman–Crippen LogP) is 4.42. The lowest BCUT2D eigenvalue weighted by Crippen LogP contribution is -2.30. The Kier molecular flexibility index (Phi) is 5.39. The number of ether oxygens (including phenoxy) is 1. The van der Waals surface area contributed by atoms with Gasteiger partial charge >= 0.3 is 0 Å². The van der Waals surface area contributed by atoms with Crippen molar-refractivity contribution in [3.63, 3.8) is 0 Å². The third-order valence-electron chi connectivity index (χ3n) is 3.11. The molecule has 0 aromatic heterocycles. The Balaban J connectivity index is 1.95. The molecule has 0 heterocycles. The molecule has 0 radical (unpaired) electrons. The van der Waals surface area contributed by atoms with E-state index in [0.29, 0.717) is 5.75 Å². The van der Waals surface area contributed by atoms with Crippen LogP contribution in [0.15, 0.2) is 53.0 Å². The van der Waals surface area contributed by atoms with Gasteiger partial charge in [0.05, 0.1) is 0 Å². The minimum atomic E-state index is -0.559. The highest BCUT2D eigenvalue weighted by Crippen LogP contribution is 2.17. The fraction of sp³-hybridized carbons (Fsp3) is 0.235. The molecule has 0 saturated heterocycles. The Morgan fingerprint density at radius 3 is 2.57 bits per heavy atom. The number of rotatable bonds is 5. The molecular weight excluding hydrogens is 330 g/mol. The second-order valence-electron chi connectivity index (χ2n) is 4.76. The summed E-state index contributed by atoms with van der Waals surface area (Å²) in [4.78, 5) is 12.1. The van der Waals surface area contributed by atoms with Crippen molar-refractivity contribution in [3.8, 4) is 5.75 Å². The number of benzene rings is 2. The smallest absolute Gasteiger partial charge is 0.265 e. The lowest BCUT2D eigenvalue weighted by atomic mass is 10.2. The highest BCUT2D eigenvalue weighted by atomic mass is 79.9. The Morgan fingerprint density at radius 1 is 1.24 bits per heavy atom. The van der Waals surface area contributed by atoms with E-state index >= 15 is 0 Å². The first-order chi connectivity index (χ1) is 10.1. The summed E-state index contributed by atoms with van der Waals surface area (Å²) >= 11 is 3.37. The van der Waals surface area contributed by atoms with Crippen molar-refractivity contribution in [2.75, 3.05) is 5.32 Å². The zero-order valence-electron chi connectivity index (χ0n) is 12.1. The van der Waals surface area contributed by atoms with Crippen LogP contribution in [0.1, 0.15) is 19.4 Å². The summed E-state index contributed by atoms with van der Waals surface area (Å²) in [6, 6.07) is 15.3. The zero-order valence-corrected chi connectivity index (χ0v) is 13.7. The fourth-order valence-corrected chi connectivity index (χ4v) is 2.27. The van der Waals surface area contributed by atoms with Crippen molar-refractivity contribution in [3.05, 3.63) is 58.6 Å². The number of hydrogen-bond donors (Lipinski definition) is 1. The Bertz CT molecular complexity index is 610. The number of carbonyl (C=O) groups excluding carboxylic acids is 1. The summed E-state index contributed by atoms with van der Waals surface area (Å²) in [6.07, 6.45) is 0.426. The molecule has 2 rings (SSSR count). The molecule has 110 valence electrons. The van der Waals surface area contributed by atoms with Crippen molar-refractivity contribution in [2.45, 2.75) is 26.4 Å². The highest BCUT2D eigenvalue weighted by Gasteiger charge is 2.14. The van der Waals surface area contributed by atoms with Crippen LogP contribution in [0.4, 0.5) is 5.69 Å². The van der Waals surface area contributed by atoms with Crippen LogP contribution < -0.4 is 10.1 Å². The van der Waals surface area contributed by atoms with Crippen LogP contribution in [0.25, 0.3) is 0 Å². The minimum absolute atomic E-state index is 0.173. The first-order valence-electron chi connectivity index (χ1n) is 6.90. The first kappa shape index (κ1) is 15.6. The molecule has 4 heteroatoms. The topological polar surface area (TPSA) is 38.3 Å². The molecule has 0 aliphatic carbocycles. The summed E-state index contributed by atoms with van der Waals surface area (Å²) < 4.78 is 6.57. The standard InChI is InChI=1S/C17H18BrNO2/c1-3-13-7-9-16(10-8-13)21-12(2)17(20)19-15-6-4-5-14(18)11-15/h4-12H,3H2,1-2H3,(H,19,20). The van der Waals surface area contributed by atoms with Gasteiger partial charge in [-0.05, 0) is 49.2 Å². The van der Waals surface area contributed by atoms with Crippen LogP contribution in [0.5, 0.6) is 5.75 Å². The molecule has 1 atom stereocenters. The van der Waals surface area contributed by atoms with E-state index in [1.54, 1.807) is 6.92 Å². The van der Waals surface area contributed by atoms with Gasteiger partial charge in [0.15, 0.2) is 6.10 Å². The lowest BCUT2D eigenvalue weighted by Gasteiger charge is -2.15. The van der Waals surface area contributed by atoms with E-state index < -0.39 is 6.10 Å².